The molecule has 2 heterocycles. The first kappa shape index (κ1) is 15.4. The van der Waals surface area contributed by atoms with E-state index < -0.39 is 10.0 Å². The molecule has 1 atom stereocenters. The quantitative estimate of drug-likeness (QED) is 0.793. The molecular weight excluding hydrogens is 306 g/mol. The minimum atomic E-state index is -3.37. The Balaban J connectivity index is 1.59. The molecule has 0 bridgehead atoms. The Morgan fingerprint density at radius 3 is 2.90 bits per heavy atom. The molecule has 5 nitrogen and oxygen atoms in total. The molecule has 1 aliphatic heterocycles. The van der Waals surface area contributed by atoms with Crippen LogP contribution in [0.4, 0.5) is 0 Å². The molecule has 1 saturated heterocycles. The van der Waals surface area contributed by atoms with Crippen molar-refractivity contribution in [3.63, 3.8) is 0 Å². The Bertz CT molecular complexity index is 581. The van der Waals surface area contributed by atoms with Crippen LogP contribution in [-0.4, -0.2) is 45.0 Å². The highest BCUT2D eigenvalue weighted by Gasteiger charge is 2.35. The number of rotatable bonds is 7. The van der Waals surface area contributed by atoms with Crippen LogP contribution in [0.2, 0.25) is 0 Å². The lowest BCUT2D eigenvalue weighted by atomic mass is 10.3. The van der Waals surface area contributed by atoms with Crippen LogP contribution in [0, 0.1) is 0 Å². The van der Waals surface area contributed by atoms with Crippen molar-refractivity contribution < 1.29 is 8.42 Å². The van der Waals surface area contributed by atoms with Gasteiger partial charge in [-0.3, -0.25) is 4.90 Å². The third-order valence-corrected chi connectivity index (χ3v) is 6.68. The highest BCUT2D eigenvalue weighted by atomic mass is 32.2. The number of likely N-dealkylation sites (tertiary alicyclic amines) is 1. The number of hydrogen-bond acceptors (Lipinski definition) is 5. The van der Waals surface area contributed by atoms with Gasteiger partial charge in [0.15, 0.2) is 0 Å². The maximum Gasteiger partial charge on any atom is 0.241 e. The van der Waals surface area contributed by atoms with Crippen LogP contribution in [0.5, 0.6) is 0 Å². The van der Waals surface area contributed by atoms with E-state index in [-0.39, 0.29) is 6.04 Å². The minimum absolute atomic E-state index is 0.0627. The molecule has 7 heteroatoms. The molecule has 0 radical (unpaired) electrons. The largest absolute Gasteiger partial charge is 0.312 e. The summed E-state index contributed by atoms with van der Waals surface area (Å²) in [5.74, 6) is 0. The van der Waals surface area contributed by atoms with Gasteiger partial charge < -0.3 is 5.32 Å². The first-order chi connectivity index (χ1) is 10.1. The molecule has 1 aromatic heterocycles. The van der Waals surface area contributed by atoms with Crippen LogP contribution in [-0.2, 0) is 16.6 Å². The van der Waals surface area contributed by atoms with E-state index in [4.69, 9.17) is 0 Å². The van der Waals surface area contributed by atoms with Gasteiger partial charge in [0.25, 0.3) is 0 Å². The number of hydrogen-bond donors (Lipinski definition) is 2. The summed E-state index contributed by atoms with van der Waals surface area (Å²) in [5.41, 5.74) is 0. The third kappa shape index (κ3) is 3.84. The molecule has 1 aromatic rings. The number of thiophene rings is 1. The second-order valence-corrected chi connectivity index (χ2v) is 8.57. The topological polar surface area (TPSA) is 61.4 Å². The average molecular weight is 329 g/mol. The maximum absolute atomic E-state index is 12.4. The first-order valence-electron chi connectivity index (χ1n) is 7.63. The Morgan fingerprint density at radius 2 is 2.19 bits per heavy atom. The van der Waals surface area contributed by atoms with Gasteiger partial charge in [-0.05, 0) is 31.9 Å². The molecule has 21 heavy (non-hydrogen) atoms. The van der Waals surface area contributed by atoms with Crippen molar-refractivity contribution in [2.24, 2.45) is 0 Å². The predicted molar refractivity (Wildman–Crippen MR) is 85.0 cm³/mol. The van der Waals surface area contributed by atoms with Crippen molar-refractivity contribution in [1.29, 1.82) is 0 Å². The lowest BCUT2D eigenvalue weighted by molar-refractivity contribution is 0.322. The van der Waals surface area contributed by atoms with Gasteiger partial charge in [-0.2, -0.15) is 0 Å². The van der Waals surface area contributed by atoms with E-state index in [0.29, 0.717) is 10.9 Å². The molecule has 3 rings (SSSR count). The summed E-state index contributed by atoms with van der Waals surface area (Å²) in [6, 6.07) is 2.56. The van der Waals surface area contributed by atoms with Gasteiger partial charge in [0.1, 0.15) is 0 Å². The SMILES string of the molecule is CCNCc1cc(S(=O)(=O)NC2CCN(C3CC3)C2)cs1. The fourth-order valence-corrected chi connectivity index (χ4v) is 5.29. The molecule has 2 fully saturated rings. The summed E-state index contributed by atoms with van der Waals surface area (Å²) in [6.07, 6.45) is 3.47. The van der Waals surface area contributed by atoms with Crippen LogP contribution in [0.3, 0.4) is 0 Å². The van der Waals surface area contributed by atoms with E-state index in [1.807, 2.05) is 6.92 Å². The van der Waals surface area contributed by atoms with E-state index in [0.717, 1.165) is 37.5 Å². The number of nitrogens with one attached hydrogen (secondary N) is 2. The predicted octanol–water partition coefficient (Wildman–Crippen LogP) is 1.37. The van der Waals surface area contributed by atoms with Crippen molar-refractivity contribution >= 4 is 21.4 Å². The molecule has 118 valence electrons. The summed E-state index contributed by atoms with van der Waals surface area (Å²) in [7, 11) is -3.37. The molecule has 1 saturated carbocycles. The third-order valence-electron chi connectivity index (χ3n) is 4.09. The minimum Gasteiger partial charge on any atom is -0.312 e. The summed E-state index contributed by atoms with van der Waals surface area (Å²) >= 11 is 1.50. The monoisotopic (exact) mass is 329 g/mol. The smallest absolute Gasteiger partial charge is 0.241 e. The molecular formula is C14H23N3O2S2. The molecule has 0 spiro atoms. The molecule has 1 aliphatic carbocycles. The second kappa shape index (κ2) is 6.34. The fraction of sp³-hybridized carbons (Fsp3) is 0.714. The Labute approximate surface area is 130 Å². The lowest BCUT2D eigenvalue weighted by Gasteiger charge is -2.15. The van der Waals surface area contributed by atoms with Crippen molar-refractivity contribution in [3.05, 3.63) is 16.3 Å². The number of nitrogens with zero attached hydrogens (tertiary/aromatic N) is 1. The fourth-order valence-electron chi connectivity index (χ4n) is 2.78. The van der Waals surface area contributed by atoms with Gasteiger partial charge in [-0.15, -0.1) is 11.3 Å². The van der Waals surface area contributed by atoms with Gasteiger partial charge in [-0.1, -0.05) is 6.92 Å². The summed E-state index contributed by atoms with van der Waals surface area (Å²) < 4.78 is 27.7. The molecule has 1 unspecified atom stereocenters. The van der Waals surface area contributed by atoms with Crippen molar-refractivity contribution in [1.82, 2.24) is 14.9 Å². The highest BCUT2D eigenvalue weighted by Crippen LogP contribution is 2.30. The average Bonchev–Trinajstić information content (AvgIpc) is 3.00. The summed E-state index contributed by atoms with van der Waals surface area (Å²) in [6.45, 7) is 5.54. The van der Waals surface area contributed by atoms with E-state index in [1.165, 1.54) is 24.2 Å². The normalized spacial score (nSPS) is 23.8. The van der Waals surface area contributed by atoms with Crippen molar-refractivity contribution in [3.8, 4) is 0 Å². The first-order valence-corrected chi connectivity index (χ1v) is 9.99. The van der Waals surface area contributed by atoms with Gasteiger partial charge in [0, 0.05) is 42.0 Å². The maximum atomic E-state index is 12.4. The van der Waals surface area contributed by atoms with Crippen molar-refractivity contribution in [2.45, 2.75) is 49.7 Å². The van der Waals surface area contributed by atoms with E-state index in [9.17, 15) is 8.42 Å². The Morgan fingerprint density at radius 1 is 1.38 bits per heavy atom. The zero-order valence-corrected chi connectivity index (χ0v) is 14.0. The number of sulfonamides is 1. The summed E-state index contributed by atoms with van der Waals surface area (Å²) in [5, 5.41) is 4.95. The van der Waals surface area contributed by atoms with E-state index in [2.05, 4.69) is 14.9 Å². The molecule has 0 amide bonds. The lowest BCUT2D eigenvalue weighted by Crippen LogP contribution is -2.37. The van der Waals surface area contributed by atoms with E-state index >= 15 is 0 Å². The zero-order valence-electron chi connectivity index (χ0n) is 12.3. The van der Waals surface area contributed by atoms with E-state index in [1.54, 1.807) is 11.4 Å². The molecule has 0 aromatic carbocycles. The van der Waals surface area contributed by atoms with Gasteiger partial charge >= 0.3 is 0 Å². The second-order valence-electron chi connectivity index (χ2n) is 5.86. The summed E-state index contributed by atoms with van der Waals surface area (Å²) in [4.78, 5) is 3.88. The van der Waals surface area contributed by atoms with Crippen LogP contribution in [0.15, 0.2) is 16.3 Å². The van der Waals surface area contributed by atoms with Crippen LogP contribution >= 0.6 is 11.3 Å². The molecule has 2 N–H and O–H groups in total. The van der Waals surface area contributed by atoms with Gasteiger partial charge in [0.2, 0.25) is 10.0 Å². The van der Waals surface area contributed by atoms with Gasteiger partial charge in [0.05, 0.1) is 4.90 Å². The van der Waals surface area contributed by atoms with Crippen LogP contribution < -0.4 is 10.0 Å². The Kier molecular flexibility index (Phi) is 4.66. The zero-order chi connectivity index (χ0) is 14.9. The highest BCUT2D eigenvalue weighted by molar-refractivity contribution is 7.89. The Hall–Kier alpha value is -0.470. The van der Waals surface area contributed by atoms with Crippen LogP contribution in [0.25, 0.3) is 0 Å². The standard InChI is InChI=1S/C14H23N3O2S2/c1-2-15-8-13-7-14(10-20-13)21(18,19)16-11-5-6-17(9-11)12-3-4-12/h7,10-12,15-16H,2-6,8-9H2,1H3. The van der Waals surface area contributed by atoms with Gasteiger partial charge in [-0.25, -0.2) is 13.1 Å². The van der Waals surface area contributed by atoms with Crippen LogP contribution in [0.1, 0.15) is 31.1 Å². The van der Waals surface area contributed by atoms with Crippen molar-refractivity contribution in [2.75, 3.05) is 19.6 Å². The molecule has 2 aliphatic rings.